The lowest BCUT2D eigenvalue weighted by Crippen LogP contribution is -2.32. The highest BCUT2D eigenvalue weighted by atomic mass is 16.1. The minimum absolute atomic E-state index is 0.0596. The number of rotatable bonds is 3. The second kappa shape index (κ2) is 4.88. The average molecular weight is 255 g/mol. The second-order valence-corrected chi connectivity index (χ2v) is 5.11. The van der Waals surface area contributed by atoms with Gasteiger partial charge in [0, 0.05) is 18.1 Å². The van der Waals surface area contributed by atoms with Gasteiger partial charge in [0.15, 0.2) is 0 Å². The number of nitrogens with one attached hydrogen (secondary N) is 1. The van der Waals surface area contributed by atoms with Crippen LogP contribution in [0.4, 0.5) is 5.82 Å². The Hall–Kier alpha value is -2.10. The Labute approximate surface area is 112 Å². The van der Waals surface area contributed by atoms with E-state index in [0.29, 0.717) is 17.3 Å². The van der Waals surface area contributed by atoms with E-state index < -0.39 is 0 Å². The molecule has 98 valence electrons. The lowest BCUT2D eigenvalue weighted by atomic mass is 9.85. The Kier molecular flexibility index (Phi) is 3.07. The fraction of sp³-hybridized carbons (Fsp3) is 0.333. The number of nitrogens with two attached hydrogens (primary N) is 1. The molecule has 3 N–H and O–H groups in total. The summed E-state index contributed by atoms with van der Waals surface area (Å²) in [5.41, 5.74) is 6.44. The first-order valence-electron chi connectivity index (χ1n) is 6.67. The lowest BCUT2D eigenvalue weighted by Gasteiger charge is -2.25. The monoisotopic (exact) mass is 255 g/mol. The summed E-state index contributed by atoms with van der Waals surface area (Å²) in [6.45, 7) is 0.761. The number of aromatic nitrogens is 1. The number of anilines is 1. The molecule has 2 aromatic rings. The summed E-state index contributed by atoms with van der Waals surface area (Å²) in [6, 6.07) is 7.60. The zero-order chi connectivity index (χ0) is 13.2. The highest BCUT2D eigenvalue weighted by Crippen LogP contribution is 2.26. The molecule has 0 saturated heterocycles. The summed E-state index contributed by atoms with van der Waals surface area (Å²) in [4.78, 5) is 16.3. The molecule has 1 amide bonds. The molecule has 19 heavy (non-hydrogen) atoms. The molecule has 0 unspecified atom stereocenters. The highest BCUT2D eigenvalue weighted by Gasteiger charge is 2.19. The number of hydrogen-bond donors (Lipinski definition) is 2. The molecule has 1 aliphatic rings. The molecule has 1 aromatic carbocycles. The number of nitrogens with zero attached hydrogens (tertiary/aromatic N) is 1. The van der Waals surface area contributed by atoms with Crippen molar-refractivity contribution in [3.8, 4) is 0 Å². The quantitative estimate of drug-likeness (QED) is 0.884. The number of carbonyl (C=O) groups excluding carboxylic acids is 1. The van der Waals surface area contributed by atoms with Crippen LogP contribution in [0.25, 0.3) is 10.8 Å². The van der Waals surface area contributed by atoms with Gasteiger partial charge in [-0.2, -0.15) is 0 Å². The first-order valence-corrected chi connectivity index (χ1v) is 6.67. The van der Waals surface area contributed by atoms with E-state index in [-0.39, 0.29) is 5.91 Å². The Morgan fingerprint density at radius 2 is 2.05 bits per heavy atom. The van der Waals surface area contributed by atoms with Crippen LogP contribution in [0.15, 0.2) is 30.5 Å². The summed E-state index contributed by atoms with van der Waals surface area (Å²) in [7, 11) is 0. The van der Waals surface area contributed by atoms with Gasteiger partial charge in [-0.05, 0) is 24.1 Å². The molecular weight excluding hydrogens is 238 g/mol. The molecule has 0 atom stereocenters. The topological polar surface area (TPSA) is 68.0 Å². The number of benzene rings is 1. The SMILES string of the molecule is Nc1ncc(C(=O)NCC2CCC2)c2ccccc12. The molecule has 0 radical (unpaired) electrons. The third kappa shape index (κ3) is 2.26. The molecule has 1 aromatic heterocycles. The van der Waals surface area contributed by atoms with E-state index in [2.05, 4.69) is 10.3 Å². The lowest BCUT2D eigenvalue weighted by molar-refractivity contribution is 0.0940. The van der Waals surface area contributed by atoms with Crippen LogP contribution < -0.4 is 11.1 Å². The maximum Gasteiger partial charge on any atom is 0.253 e. The van der Waals surface area contributed by atoms with E-state index in [1.54, 1.807) is 6.20 Å². The third-order valence-electron chi connectivity index (χ3n) is 3.85. The molecule has 1 aliphatic carbocycles. The van der Waals surface area contributed by atoms with E-state index in [0.717, 1.165) is 17.3 Å². The van der Waals surface area contributed by atoms with Crippen molar-refractivity contribution in [1.82, 2.24) is 10.3 Å². The van der Waals surface area contributed by atoms with Crippen molar-refractivity contribution in [3.63, 3.8) is 0 Å². The van der Waals surface area contributed by atoms with Crippen LogP contribution in [0.2, 0.25) is 0 Å². The van der Waals surface area contributed by atoms with Crippen molar-refractivity contribution >= 4 is 22.5 Å². The van der Waals surface area contributed by atoms with Crippen molar-refractivity contribution in [3.05, 3.63) is 36.0 Å². The predicted octanol–water partition coefficient (Wildman–Crippen LogP) is 2.35. The molecule has 1 heterocycles. The zero-order valence-electron chi connectivity index (χ0n) is 10.7. The number of pyridine rings is 1. The van der Waals surface area contributed by atoms with Gasteiger partial charge in [-0.15, -0.1) is 0 Å². The Morgan fingerprint density at radius 3 is 2.74 bits per heavy atom. The van der Waals surface area contributed by atoms with Crippen LogP contribution in [-0.4, -0.2) is 17.4 Å². The standard InChI is InChI=1S/C15H17N3O/c16-14-12-7-2-1-6-11(12)13(9-17-14)15(19)18-8-10-4-3-5-10/h1-2,6-7,9-10H,3-5,8H2,(H2,16,17)(H,18,19). The van der Waals surface area contributed by atoms with Crippen LogP contribution in [0.5, 0.6) is 0 Å². The number of nitrogen functional groups attached to an aromatic ring is 1. The summed E-state index contributed by atoms with van der Waals surface area (Å²) in [6.07, 6.45) is 5.29. The van der Waals surface area contributed by atoms with E-state index in [1.807, 2.05) is 24.3 Å². The van der Waals surface area contributed by atoms with Crippen molar-refractivity contribution in [2.24, 2.45) is 5.92 Å². The minimum atomic E-state index is -0.0596. The molecule has 0 bridgehead atoms. The second-order valence-electron chi connectivity index (χ2n) is 5.11. The average Bonchev–Trinajstić information content (AvgIpc) is 2.37. The molecule has 1 fully saturated rings. The normalized spacial score (nSPS) is 15.2. The summed E-state index contributed by atoms with van der Waals surface area (Å²) >= 11 is 0. The van der Waals surface area contributed by atoms with Gasteiger partial charge in [0.2, 0.25) is 0 Å². The molecule has 0 aliphatic heterocycles. The van der Waals surface area contributed by atoms with Crippen LogP contribution in [0, 0.1) is 5.92 Å². The van der Waals surface area contributed by atoms with Gasteiger partial charge < -0.3 is 11.1 Å². The zero-order valence-corrected chi connectivity index (χ0v) is 10.7. The maximum atomic E-state index is 12.2. The van der Waals surface area contributed by atoms with Gasteiger partial charge in [-0.25, -0.2) is 4.98 Å². The number of amides is 1. The van der Waals surface area contributed by atoms with Gasteiger partial charge >= 0.3 is 0 Å². The first-order chi connectivity index (χ1) is 9.25. The number of hydrogen-bond acceptors (Lipinski definition) is 3. The van der Waals surface area contributed by atoms with E-state index in [1.165, 1.54) is 19.3 Å². The van der Waals surface area contributed by atoms with Crippen molar-refractivity contribution in [2.75, 3.05) is 12.3 Å². The smallest absolute Gasteiger partial charge is 0.253 e. The molecule has 1 saturated carbocycles. The molecular formula is C15H17N3O. The summed E-state index contributed by atoms with van der Waals surface area (Å²) in [5.74, 6) is 1.05. The van der Waals surface area contributed by atoms with Crippen molar-refractivity contribution in [1.29, 1.82) is 0 Å². The van der Waals surface area contributed by atoms with Crippen molar-refractivity contribution in [2.45, 2.75) is 19.3 Å². The van der Waals surface area contributed by atoms with Gasteiger partial charge in [0.1, 0.15) is 5.82 Å². The number of carbonyl (C=O) groups is 1. The molecule has 4 nitrogen and oxygen atoms in total. The summed E-state index contributed by atoms with van der Waals surface area (Å²) in [5, 5.41) is 4.69. The van der Waals surface area contributed by atoms with Crippen LogP contribution in [0.1, 0.15) is 29.6 Å². The first kappa shape index (κ1) is 12.0. The molecule has 4 heteroatoms. The fourth-order valence-corrected chi connectivity index (χ4v) is 2.42. The maximum absolute atomic E-state index is 12.2. The highest BCUT2D eigenvalue weighted by molar-refractivity contribution is 6.08. The van der Waals surface area contributed by atoms with Gasteiger partial charge in [-0.3, -0.25) is 4.79 Å². The van der Waals surface area contributed by atoms with Gasteiger partial charge in [0.05, 0.1) is 5.56 Å². The summed E-state index contributed by atoms with van der Waals surface area (Å²) < 4.78 is 0. The largest absolute Gasteiger partial charge is 0.383 e. The predicted molar refractivity (Wildman–Crippen MR) is 75.8 cm³/mol. The van der Waals surface area contributed by atoms with E-state index >= 15 is 0 Å². The van der Waals surface area contributed by atoms with E-state index in [9.17, 15) is 4.79 Å². The van der Waals surface area contributed by atoms with Gasteiger partial charge in [0.25, 0.3) is 5.91 Å². The van der Waals surface area contributed by atoms with Crippen LogP contribution in [0.3, 0.4) is 0 Å². The van der Waals surface area contributed by atoms with Crippen LogP contribution in [-0.2, 0) is 0 Å². The van der Waals surface area contributed by atoms with Gasteiger partial charge in [-0.1, -0.05) is 30.7 Å². The number of fused-ring (bicyclic) bond motifs is 1. The Bertz CT molecular complexity index is 620. The molecule has 0 spiro atoms. The van der Waals surface area contributed by atoms with Crippen LogP contribution >= 0.6 is 0 Å². The fourth-order valence-electron chi connectivity index (χ4n) is 2.42. The Balaban J connectivity index is 1.87. The van der Waals surface area contributed by atoms with E-state index in [4.69, 9.17) is 5.73 Å². The minimum Gasteiger partial charge on any atom is -0.383 e. The Morgan fingerprint density at radius 1 is 1.32 bits per heavy atom. The van der Waals surface area contributed by atoms with Crippen molar-refractivity contribution < 1.29 is 4.79 Å². The molecule has 3 rings (SSSR count). The third-order valence-corrected chi connectivity index (χ3v) is 3.85.